The molecule has 1 aliphatic carbocycles. The normalized spacial score (nSPS) is 38.4. The summed E-state index contributed by atoms with van der Waals surface area (Å²) < 4.78 is 11.5. The van der Waals surface area contributed by atoms with Crippen LogP contribution in [0.25, 0.3) is 0 Å². The molecule has 1 aliphatic heterocycles. The molecule has 0 bridgehead atoms. The molecule has 0 amide bonds. The first-order valence-electron chi connectivity index (χ1n) is 6.68. The van der Waals surface area contributed by atoms with Crippen molar-refractivity contribution in [2.45, 2.75) is 44.3 Å². The van der Waals surface area contributed by atoms with Crippen LogP contribution in [0.5, 0.6) is 0 Å². The van der Waals surface area contributed by atoms with Crippen LogP contribution < -0.4 is 5.32 Å². The Balaban J connectivity index is 1.71. The molecule has 3 heteroatoms. The van der Waals surface area contributed by atoms with Crippen molar-refractivity contribution >= 4 is 0 Å². The van der Waals surface area contributed by atoms with E-state index in [1.807, 2.05) is 6.07 Å². The van der Waals surface area contributed by atoms with E-state index in [0.29, 0.717) is 0 Å². The minimum atomic E-state index is 0.0761. The summed E-state index contributed by atoms with van der Waals surface area (Å²) in [6.07, 6.45) is 8.65. The maximum atomic E-state index is 6.39. The van der Waals surface area contributed by atoms with Gasteiger partial charge in [-0.05, 0) is 37.7 Å². The topological polar surface area (TPSA) is 34.4 Å². The fourth-order valence-electron chi connectivity index (χ4n) is 3.04. The largest absolute Gasteiger partial charge is 0.472 e. The monoisotopic (exact) mass is 235 g/mol. The highest BCUT2D eigenvalue weighted by Crippen LogP contribution is 2.39. The molecule has 1 atom stereocenters. The van der Waals surface area contributed by atoms with Gasteiger partial charge >= 0.3 is 0 Å². The van der Waals surface area contributed by atoms with Crippen molar-refractivity contribution in [2.24, 2.45) is 5.92 Å². The molecule has 0 radical (unpaired) electrons. The highest BCUT2D eigenvalue weighted by atomic mass is 16.5. The molecule has 2 heterocycles. The molecule has 3 nitrogen and oxygen atoms in total. The Labute approximate surface area is 103 Å². The SMILES string of the molecule is CC1CCC2(CC1)CNCC(c1ccoc1)O2. The Morgan fingerprint density at radius 3 is 2.88 bits per heavy atom. The van der Waals surface area contributed by atoms with Gasteiger partial charge in [-0.1, -0.05) is 6.92 Å². The fourth-order valence-corrected chi connectivity index (χ4v) is 3.04. The van der Waals surface area contributed by atoms with Crippen LogP contribution in [0.15, 0.2) is 23.0 Å². The van der Waals surface area contributed by atoms with Crippen LogP contribution in [0.3, 0.4) is 0 Å². The van der Waals surface area contributed by atoms with Gasteiger partial charge in [-0.3, -0.25) is 0 Å². The predicted octanol–water partition coefficient (Wildman–Crippen LogP) is 2.89. The van der Waals surface area contributed by atoms with E-state index in [-0.39, 0.29) is 11.7 Å². The van der Waals surface area contributed by atoms with E-state index in [1.54, 1.807) is 12.5 Å². The lowest BCUT2D eigenvalue weighted by atomic mass is 9.78. The van der Waals surface area contributed by atoms with Gasteiger partial charge in [-0.15, -0.1) is 0 Å². The zero-order chi connectivity index (χ0) is 11.7. The predicted molar refractivity (Wildman–Crippen MR) is 65.8 cm³/mol. The van der Waals surface area contributed by atoms with Gasteiger partial charge in [0.05, 0.1) is 24.2 Å². The summed E-state index contributed by atoms with van der Waals surface area (Å²) in [5.74, 6) is 0.860. The Hall–Kier alpha value is -0.800. The van der Waals surface area contributed by atoms with Crippen molar-refractivity contribution in [3.05, 3.63) is 24.2 Å². The molecule has 1 aromatic heterocycles. The summed E-state index contributed by atoms with van der Waals surface area (Å²) in [6.45, 7) is 4.25. The van der Waals surface area contributed by atoms with Crippen molar-refractivity contribution in [3.63, 3.8) is 0 Å². The zero-order valence-corrected chi connectivity index (χ0v) is 10.4. The number of furan rings is 1. The summed E-state index contributed by atoms with van der Waals surface area (Å²) >= 11 is 0. The third-order valence-electron chi connectivity index (χ3n) is 4.27. The lowest BCUT2D eigenvalue weighted by Gasteiger charge is -2.45. The Kier molecular flexibility index (Phi) is 2.97. The van der Waals surface area contributed by atoms with Gasteiger partial charge < -0.3 is 14.5 Å². The summed E-state index contributed by atoms with van der Waals surface area (Å²) in [5, 5.41) is 3.53. The van der Waals surface area contributed by atoms with Crippen molar-refractivity contribution in [1.29, 1.82) is 0 Å². The molecular weight excluding hydrogens is 214 g/mol. The first-order valence-corrected chi connectivity index (χ1v) is 6.68. The first kappa shape index (κ1) is 11.3. The van der Waals surface area contributed by atoms with Gasteiger partial charge in [0, 0.05) is 18.7 Å². The third kappa shape index (κ3) is 2.26. The van der Waals surface area contributed by atoms with Crippen LogP contribution in [-0.2, 0) is 4.74 Å². The molecule has 1 aromatic rings. The maximum Gasteiger partial charge on any atom is 0.0988 e. The molecule has 1 saturated heterocycles. The second kappa shape index (κ2) is 4.46. The minimum Gasteiger partial charge on any atom is -0.472 e. The van der Waals surface area contributed by atoms with E-state index in [1.165, 1.54) is 25.7 Å². The van der Waals surface area contributed by atoms with Crippen LogP contribution in [0.2, 0.25) is 0 Å². The Morgan fingerprint density at radius 2 is 2.18 bits per heavy atom. The van der Waals surface area contributed by atoms with E-state index in [9.17, 15) is 0 Å². The average molecular weight is 235 g/mol. The molecule has 1 spiro atoms. The van der Waals surface area contributed by atoms with E-state index >= 15 is 0 Å². The molecule has 0 aromatic carbocycles. The van der Waals surface area contributed by atoms with Gasteiger partial charge in [0.15, 0.2) is 0 Å². The van der Waals surface area contributed by atoms with Crippen LogP contribution in [0.1, 0.15) is 44.3 Å². The van der Waals surface area contributed by atoms with Gasteiger partial charge in [0.2, 0.25) is 0 Å². The lowest BCUT2D eigenvalue weighted by molar-refractivity contribution is -0.140. The molecule has 1 saturated carbocycles. The second-order valence-electron chi connectivity index (χ2n) is 5.66. The van der Waals surface area contributed by atoms with Gasteiger partial charge in [-0.25, -0.2) is 0 Å². The van der Waals surface area contributed by atoms with E-state index < -0.39 is 0 Å². The molecule has 2 aliphatic rings. The maximum absolute atomic E-state index is 6.39. The van der Waals surface area contributed by atoms with Crippen molar-refractivity contribution in [3.8, 4) is 0 Å². The Morgan fingerprint density at radius 1 is 1.35 bits per heavy atom. The number of nitrogens with one attached hydrogen (secondary N) is 1. The third-order valence-corrected chi connectivity index (χ3v) is 4.27. The molecule has 1 unspecified atom stereocenters. The van der Waals surface area contributed by atoms with Gasteiger partial charge in [0.25, 0.3) is 0 Å². The average Bonchev–Trinajstić information content (AvgIpc) is 2.88. The summed E-state index contributed by atoms with van der Waals surface area (Å²) in [5.41, 5.74) is 1.24. The van der Waals surface area contributed by atoms with Crippen molar-refractivity contribution in [1.82, 2.24) is 5.32 Å². The van der Waals surface area contributed by atoms with Crippen molar-refractivity contribution < 1.29 is 9.15 Å². The molecule has 3 rings (SSSR count). The van der Waals surface area contributed by atoms with E-state index in [2.05, 4.69) is 12.2 Å². The molecule has 94 valence electrons. The van der Waals surface area contributed by atoms with Crippen LogP contribution in [-0.4, -0.2) is 18.7 Å². The summed E-state index contributed by atoms with van der Waals surface area (Å²) in [7, 11) is 0. The quantitative estimate of drug-likeness (QED) is 0.812. The minimum absolute atomic E-state index is 0.0761. The number of morpholine rings is 1. The van der Waals surface area contributed by atoms with Gasteiger partial charge in [0.1, 0.15) is 0 Å². The fraction of sp³-hybridized carbons (Fsp3) is 0.714. The van der Waals surface area contributed by atoms with Crippen LogP contribution >= 0.6 is 0 Å². The highest BCUT2D eigenvalue weighted by Gasteiger charge is 2.40. The van der Waals surface area contributed by atoms with Crippen LogP contribution in [0, 0.1) is 5.92 Å². The van der Waals surface area contributed by atoms with E-state index in [0.717, 1.165) is 24.6 Å². The van der Waals surface area contributed by atoms with Crippen molar-refractivity contribution in [2.75, 3.05) is 13.1 Å². The Bertz CT molecular complexity index is 352. The first-order chi connectivity index (χ1) is 8.27. The van der Waals surface area contributed by atoms with E-state index in [4.69, 9.17) is 9.15 Å². The summed E-state index contributed by atoms with van der Waals surface area (Å²) in [6, 6.07) is 2.01. The number of hydrogen-bond donors (Lipinski definition) is 1. The zero-order valence-electron chi connectivity index (χ0n) is 10.4. The molecule has 1 N–H and O–H groups in total. The summed E-state index contributed by atoms with van der Waals surface area (Å²) in [4.78, 5) is 0. The number of ether oxygens (including phenoxy) is 1. The van der Waals surface area contributed by atoms with Crippen LogP contribution in [0.4, 0.5) is 0 Å². The molecular formula is C14H21NO2. The number of hydrogen-bond acceptors (Lipinski definition) is 3. The highest BCUT2D eigenvalue weighted by molar-refractivity contribution is 5.12. The van der Waals surface area contributed by atoms with Gasteiger partial charge in [-0.2, -0.15) is 0 Å². The number of rotatable bonds is 1. The molecule has 17 heavy (non-hydrogen) atoms. The second-order valence-corrected chi connectivity index (χ2v) is 5.66. The smallest absolute Gasteiger partial charge is 0.0988 e. The molecule has 2 fully saturated rings. The standard InChI is InChI=1S/C14H21NO2/c1-11-2-5-14(6-3-11)10-15-8-13(17-14)12-4-7-16-9-12/h4,7,9,11,13,15H,2-3,5-6,8,10H2,1H3. The lowest BCUT2D eigenvalue weighted by Crippen LogP contribution is -2.52.